The number of rotatable bonds is 5. The molecule has 1 fully saturated rings. The minimum absolute atomic E-state index is 0.0282. The van der Waals surface area contributed by atoms with E-state index in [9.17, 15) is 4.79 Å². The van der Waals surface area contributed by atoms with Gasteiger partial charge in [0.15, 0.2) is 5.82 Å². The number of thioether (sulfide) groups is 1. The molecule has 29 heavy (non-hydrogen) atoms. The second kappa shape index (κ2) is 8.82. The van der Waals surface area contributed by atoms with Gasteiger partial charge in [0.05, 0.1) is 16.8 Å². The summed E-state index contributed by atoms with van der Waals surface area (Å²) in [7, 11) is 0. The molecule has 0 spiro atoms. The monoisotopic (exact) mass is 406 g/mol. The van der Waals surface area contributed by atoms with Gasteiger partial charge < -0.3 is 10.2 Å². The molecule has 1 aliphatic heterocycles. The molecule has 0 saturated carbocycles. The van der Waals surface area contributed by atoms with Crippen molar-refractivity contribution in [2.75, 3.05) is 29.1 Å². The Morgan fingerprint density at radius 3 is 2.34 bits per heavy atom. The van der Waals surface area contributed by atoms with E-state index in [4.69, 9.17) is 9.97 Å². The van der Waals surface area contributed by atoms with E-state index in [1.807, 2.05) is 50.2 Å². The summed E-state index contributed by atoms with van der Waals surface area (Å²) in [5, 5.41) is 3.84. The molecule has 1 saturated heterocycles. The van der Waals surface area contributed by atoms with Gasteiger partial charge in [0.2, 0.25) is 5.91 Å². The number of nitrogens with one attached hydrogen (secondary N) is 1. The largest absolute Gasteiger partial charge is 0.354 e. The van der Waals surface area contributed by atoms with Crippen LogP contribution < -0.4 is 10.2 Å². The minimum atomic E-state index is -0.0282. The molecule has 1 N–H and O–H groups in total. The van der Waals surface area contributed by atoms with E-state index in [-0.39, 0.29) is 5.91 Å². The second-order valence-electron chi connectivity index (χ2n) is 7.60. The predicted octanol–water partition coefficient (Wildman–Crippen LogP) is 4.97. The molecule has 0 aliphatic carbocycles. The summed E-state index contributed by atoms with van der Waals surface area (Å²) in [6, 6.07) is 14.0. The molecule has 6 heteroatoms. The normalized spacial score (nSPS) is 14.2. The molecule has 150 valence electrons. The Bertz CT molecular complexity index is 1010. The Labute approximate surface area is 175 Å². The minimum Gasteiger partial charge on any atom is -0.354 e. The van der Waals surface area contributed by atoms with E-state index >= 15 is 0 Å². The molecular weight excluding hydrogens is 380 g/mol. The standard InChI is InChI=1S/C23H26N4OS/c1-16-12-17(2)14-18(13-16)24-21(28)15-29-23-22(27-10-6-3-7-11-27)25-19-8-4-5-9-20(19)26-23/h4-5,8-9,12-14H,3,6-7,10-11,15H2,1-2H3,(H,24,28). The summed E-state index contributed by atoms with van der Waals surface area (Å²) in [6.07, 6.45) is 3.61. The summed E-state index contributed by atoms with van der Waals surface area (Å²) < 4.78 is 0. The van der Waals surface area contributed by atoms with Gasteiger partial charge in [0.25, 0.3) is 0 Å². The predicted molar refractivity (Wildman–Crippen MR) is 121 cm³/mol. The van der Waals surface area contributed by atoms with Crippen LogP contribution in [0.1, 0.15) is 30.4 Å². The number of hydrogen-bond acceptors (Lipinski definition) is 5. The highest BCUT2D eigenvalue weighted by Crippen LogP contribution is 2.31. The van der Waals surface area contributed by atoms with E-state index in [0.29, 0.717) is 5.75 Å². The Morgan fingerprint density at radius 2 is 1.66 bits per heavy atom. The summed E-state index contributed by atoms with van der Waals surface area (Å²) in [5.74, 6) is 1.19. The smallest absolute Gasteiger partial charge is 0.234 e. The Hall–Kier alpha value is -2.60. The van der Waals surface area contributed by atoms with Crippen molar-refractivity contribution >= 4 is 40.2 Å². The summed E-state index contributed by atoms with van der Waals surface area (Å²) in [5.41, 5.74) is 4.89. The van der Waals surface area contributed by atoms with E-state index < -0.39 is 0 Å². The molecule has 1 amide bonds. The van der Waals surface area contributed by atoms with E-state index in [1.165, 1.54) is 31.0 Å². The van der Waals surface area contributed by atoms with Crippen molar-refractivity contribution in [2.45, 2.75) is 38.1 Å². The molecule has 1 aliphatic rings. The van der Waals surface area contributed by atoms with Gasteiger partial charge in [-0.2, -0.15) is 0 Å². The molecule has 0 radical (unpaired) electrons. The molecule has 5 nitrogen and oxygen atoms in total. The van der Waals surface area contributed by atoms with Crippen molar-refractivity contribution in [3.8, 4) is 0 Å². The zero-order valence-corrected chi connectivity index (χ0v) is 17.8. The lowest BCUT2D eigenvalue weighted by Gasteiger charge is -2.29. The third-order valence-electron chi connectivity index (χ3n) is 5.02. The lowest BCUT2D eigenvalue weighted by molar-refractivity contribution is -0.113. The van der Waals surface area contributed by atoms with Crippen LogP contribution >= 0.6 is 11.8 Å². The average molecular weight is 407 g/mol. The lowest BCUT2D eigenvalue weighted by Crippen LogP contribution is -2.31. The third kappa shape index (κ3) is 4.88. The van der Waals surface area contributed by atoms with Gasteiger partial charge in [-0.3, -0.25) is 4.79 Å². The molecule has 2 aromatic carbocycles. The van der Waals surface area contributed by atoms with Crippen LogP contribution in [0.15, 0.2) is 47.5 Å². The topological polar surface area (TPSA) is 58.1 Å². The third-order valence-corrected chi connectivity index (χ3v) is 5.98. The number of benzene rings is 2. The van der Waals surface area contributed by atoms with E-state index in [0.717, 1.165) is 51.8 Å². The molecule has 4 rings (SSSR count). The fourth-order valence-electron chi connectivity index (χ4n) is 3.76. The van der Waals surface area contributed by atoms with Crippen LogP contribution in [0.5, 0.6) is 0 Å². The molecule has 0 unspecified atom stereocenters. The molecule has 0 atom stereocenters. The number of hydrogen-bond donors (Lipinski definition) is 1. The number of aryl methyl sites for hydroxylation is 2. The summed E-state index contributed by atoms with van der Waals surface area (Å²) in [6.45, 7) is 6.06. The van der Waals surface area contributed by atoms with Crippen LogP contribution in [-0.2, 0) is 4.79 Å². The van der Waals surface area contributed by atoms with E-state index in [1.54, 1.807) is 0 Å². The highest BCUT2D eigenvalue weighted by atomic mass is 32.2. The number of fused-ring (bicyclic) bond motifs is 1. The van der Waals surface area contributed by atoms with Gasteiger partial charge in [0.1, 0.15) is 5.03 Å². The Balaban J connectivity index is 1.53. The molecular formula is C23H26N4OS. The fraction of sp³-hybridized carbons (Fsp3) is 0.348. The van der Waals surface area contributed by atoms with Crippen LogP contribution in [0.25, 0.3) is 11.0 Å². The first-order valence-corrected chi connectivity index (χ1v) is 11.1. The zero-order chi connectivity index (χ0) is 20.2. The zero-order valence-electron chi connectivity index (χ0n) is 16.9. The molecule has 1 aromatic heterocycles. The number of anilines is 2. The SMILES string of the molecule is Cc1cc(C)cc(NC(=O)CSc2nc3ccccc3nc2N2CCCCC2)c1. The van der Waals surface area contributed by atoms with Crippen molar-refractivity contribution in [3.63, 3.8) is 0 Å². The van der Waals surface area contributed by atoms with Crippen molar-refractivity contribution in [2.24, 2.45) is 0 Å². The highest BCUT2D eigenvalue weighted by molar-refractivity contribution is 8.00. The van der Waals surface area contributed by atoms with Crippen molar-refractivity contribution in [1.82, 2.24) is 9.97 Å². The number of para-hydroxylation sites is 2. The second-order valence-corrected chi connectivity index (χ2v) is 8.57. The van der Waals surface area contributed by atoms with Crippen molar-refractivity contribution in [1.29, 1.82) is 0 Å². The number of amides is 1. The van der Waals surface area contributed by atoms with Gasteiger partial charge in [-0.15, -0.1) is 0 Å². The quantitative estimate of drug-likeness (QED) is 0.607. The summed E-state index contributed by atoms with van der Waals surface area (Å²) in [4.78, 5) is 24.6. The summed E-state index contributed by atoms with van der Waals surface area (Å²) >= 11 is 1.46. The van der Waals surface area contributed by atoms with Gasteiger partial charge in [-0.05, 0) is 68.5 Å². The first kappa shape index (κ1) is 19.7. The maximum absolute atomic E-state index is 12.6. The van der Waals surface area contributed by atoms with Gasteiger partial charge in [-0.25, -0.2) is 9.97 Å². The number of carbonyl (C=O) groups excluding carboxylic acids is 1. The molecule has 2 heterocycles. The van der Waals surface area contributed by atoms with E-state index in [2.05, 4.69) is 16.3 Å². The highest BCUT2D eigenvalue weighted by Gasteiger charge is 2.19. The Morgan fingerprint density at radius 1 is 1.00 bits per heavy atom. The number of carbonyl (C=O) groups is 1. The van der Waals surface area contributed by atoms with Crippen LogP contribution in [0.4, 0.5) is 11.5 Å². The van der Waals surface area contributed by atoms with Crippen LogP contribution in [0.3, 0.4) is 0 Å². The van der Waals surface area contributed by atoms with Gasteiger partial charge in [-0.1, -0.05) is 30.0 Å². The average Bonchev–Trinajstić information content (AvgIpc) is 2.71. The van der Waals surface area contributed by atoms with Crippen LogP contribution in [-0.4, -0.2) is 34.7 Å². The Kier molecular flexibility index (Phi) is 6.00. The number of piperidine rings is 1. The number of aromatic nitrogens is 2. The maximum Gasteiger partial charge on any atom is 0.234 e. The fourth-order valence-corrected chi connectivity index (χ4v) is 4.57. The van der Waals surface area contributed by atoms with Crippen LogP contribution in [0, 0.1) is 13.8 Å². The molecule has 0 bridgehead atoms. The first-order chi connectivity index (χ1) is 14.1. The van der Waals surface area contributed by atoms with Gasteiger partial charge >= 0.3 is 0 Å². The van der Waals surface area contributed by atoms with Crippen molar-refractivity contribution < 1.29 is 4.79 Å². The maximum atomic E-state index is 12.6. The van der Waals surface area contributed by atoms with Crippen LogP contribution in [0.2, 0.25) is 0 Å². The molecule has 3 aromatic rings. The van der Waals surface area contributed by atoms with Gasteiger partial charge in [0, 0.05) is 18.8 Å². The lowest BCUT2D eigenvalue weighted by atomic mass is 10.1. The first-order valence-electron chi connectivity index (χ1n) is 10.1. The van der Waals surface area contributed by atoms with Crippen molar-refractivity contribution in [3.05, 3.63) is 53.6 Å². The number of nitrogens with zero attached hydrogens (tertiary/aromatic N) is 3.